The highest BCUT2D eigenvalue weighted by molar-refractivity contribution is 5.47. The van der Waals surface area contributed by atoms with Crippen molar-refractivity contribution >= 4 is 5.69 Å². The summed E-state index contributed by atoms with van der Waals surface area (Å²) < 4.78 is 43.2. The van der Waals surface area contributed by atoms with Gasteiger partial charge in [0, 0.05) is 42.8 Å². The van der Waals surface area contributed by atoms with Crippen LogP contribution in [0.2, 0.25) is 0 Å². The number of pyridine rings is 2. The Labute approximate surface area is 131 Å². The summed E-state index contributed by atoms with van der Waals surface area (Å²) in [7, 11) is 0. The number of halogens is 3. The molecule has 0 bridgehead atoms. The lowest BCUT2D eigenvalue weighted by Gasteiger charge is -2.19. The number of ether oxygens (including phenoxy) is 1. The van der Waals surface area contributed by atoms with Crippen molar-refractivity contribution in [2.75, 3.05) is 18.0 Å². The van der Waals surface area contributed by atoms with E-state index >= 15 is 0 Å². The van der Waals surface area contributed by atoms with Crippen molar-refractivity contribution in [2.45, 2.75) is 25.6 Å². The minimum absolute atomic E-state index is 0.0901. The number of anilines is 1. The first-order chi connectivity index (χ1) is 10.9. The maximum Gasteiger partial charge on any atom is 0.417 e. The molecule has 23 heavy (non-hydrogen) atoms. The number of rotatable bonds is 3. The lowest BCUT2D eigenvalue weighted by molar-refractivity contribution is -0.137. The van der Waals surface area contributed by atoms with Gasteiger partial charge in [0.25, 0.3) is 0 Å². The zero-order valence-electron chi connectivity index (χ0n) is 12.5. The predicted molar refractivity (Wildman–Crippen MR) is 79.5 cm³/mol. The van der Waals surface area contributed by atoms with Gasteiger partial charge in [-0.25, -0.2) is 4.98 Å². The van der Waals surface area contributed by atoms with Crippen LogP contribution < -0.4 is 9.64 Å². The van der Waals surface area contributed by atoms with E-state index < -0.39 is 11.7 Å². The topological polar surface area (TPSA) is 38.2 Å². The summed E-state index contributed by atoms with van der Waals surface area (Å²) in [4.78, 5) is 10.1. The van der Waals surface area contributed by atoms with Crippen molar-refractivity contribution in [3.63, 3.8) is 0 Å². The van der Waals surface area contributed by atoms with Gasteiger partial charge in [-0.05, 0) is 25.1 Å². The molecule has 0 saturated carbocycles. The van der Waals surface area contributed by atoms with E-state index in [4.69, 9.17) is 4.74 Å². The van der Waals surface area contributed by atoms with Gasteiger partial charge in [0.1, 0.15) is 6.10 Å². The van der Waals surface area contributed by atoms with Crippen LogP contribution in [0.1, 0.15) is 17.7 Å². The molecular weight excluding hydrogens is 307 g/mol. The van der Waals surface area contributed by atoms with E-state index in [0.717, 1.165) is 36.6 Å². The summed E-state index contributed by atoms with van der Waals surface area (Å²) in [6.07, 6.45) is -1.11. The Balaban J connectivity index is 1.62. The average Bonchev–Trinajstić information content (AvgIpc) is 2.95. The van der Waals surface area contributed by atoms with Gasteiger partial charge in [-0.2, -0.15) is 13.2 Å². The first-order valence-electron chi connectivity index (χ1n) is 7.29. The fraction of sp³-hybridized carbons (Fsp3) is 0.375. The molecule has 0 aromatic carbocycles. The van der Waals surface area contributed by atoms with E-state index in [1.54, 1.807) is 6.20 Å². The molecule has 0 radical (unpaired) electrons. The fourth-order valence-corrected chi connectivity index (χ4v) is 2.57. The SMILES string of the molecule is Cc1cc(N2CCC(Oc3ccc(C(F)(F)F)cn3)C2)ccn1. The molecule has 0 aliphatic carbocycles. The molecule has 1 unspecified atom stereocenters. The summed E-state index contributed by atoms with van der Waals surface area (Å²) in [6, 6.07) is 6.19. The van der Waals surface area contributed by atoms with Gasteiger partial charge in [0.15, 0.2) is 0 Å². The van der Waals surface area contributed by atoms with E-state index in [9.17, 15) is 13.2 Å². The van der Waals surface area contributed by atoms with Gasteiger partial charge in [-0.1, -0.05) is 0 Å². The molecule has 1 fully saturated rings. The maximum atomic E-state index is 12.5. The minimum Gasteiger partial charge on any atom is -0.472 e. The molecule has 3 heterocycles. The van der Waals surface area contributed by atoms with E-state index in [2.05, 4.69) is 14.9 Å². The largest absolute Gasteiger partial charge is 0.472 e. The molecule has 0 spiro atoms. The third kappa shape index (κ3) is 3.72. The third-order valence-corrected chi connectivity index (χ3v) is 3.74. The van der Waals surface area contributed by atoms with Crippen LogP contribution in [0.3, 0.4) is 0 Å². The first kappa shape index (κ1) is 15.6. The molecule has 7 heteroatoms. The zero-order valence-corrected chi connectivity index (χ0v) is 12.5. The number of hydrogen-bond acceptors (Lipinski definition) is 4. The second-order valence-electron chi connectivity index (χ2n) is 5.51. The van der Waals surface area contributed by atoms with E-state index in [-0.39, 0.29) is 12.0 Å². The van der Waals surface area contributed by atoms with Gasteiger partial charge in [0.2, 0.25) is 5.88 Å². The lowest BCUT2D eigenvalue weighted by atomic mass is 10.3. The highest BCUT2D eigenvalue weighted by Gasteiger charge is 2.31. The normalized spacial score (nSPS) is 18.3. The summed E-state index contributed by atoms with van der Waals surface area (Å²) in [6.45, 7) is 3.43. The van der Waals surface area contributed by atoms with Crippen LogP contribution >= 0.6 is 0 Å². The van der Waals surface area contributed by atoms with Crippen molar-refractivity contribution in [1.29, 1.82) is 0 Å². The highest BCUT2D eigenvalue weighted by Crippen LogP contribution is 2.29. The summed E-state index contributed by atoms with van der Waals surface area (Å²) in [5.41, 5.74) is 1.24. The number of alkyl halides is 3. The lowest BCUT2D eigenvalue weighted by Crippen LogP contribution is -2.24. The zero-order chi connectivity index (χ0) is 16.4. The van der Waals surface area contributed by atoms with Crippen LogP contribution in [0.15, 0.2) is 36.7 Å². The number of aromatic nitrogens is 2. The van der Waals surface area contributed by atoms with Gasteiger partial charge >= 0.3 is 6.18 Å². The molecule has 1 aliphatic rings. The van der Waals surface area contributed by atoms with E-state index in [0.29, 0.717) is 6.54 Å². The van der Waals surface area contributed by atoms with Crippen LogP contribution in [-0.2, 0) is 6.18 Å². The fourth-order valence-electron chi connectivity index (χ4n) is 2.57. The molecule has 0 amide bonds. The molecule has 0 N–H and O–H groups in total. The second-order valence-corrected chi connectivity index (χ2v) is 5.51. The molecule has 2 aromatic rings. The van der Waals surface area contributed by atoms with Crippen LogP contribution in [0.25, 0.3) is 0 Å². The van der Waals surface area contributed by atoms with E-state index in [1.165, 1.54) is 6.07 Å². The number of nitrogens with zero attached hydrogens (tertiary/aromatic N) is 3. The first-order valence-corrected chi connectivity index (χ1v) is 7.29. The standard InChI is InChI=1S/C16H16F3N3O/c1-11-8-13(4-6-20-11)22-7-5-14(10-22)23-15-3-2-12(9-21-15)16(17,18)19/h2-4,6,8-9,14H,5,7,10H2,1H3. The molecule has 2 aromatic heterocycles. The third-order valence-electron chi connectivity index (χ3n) is 3.74. The Hall–Kier alpha value is -2.31. The Bertz CT molecular complexity index is 673. The van der Waals surface area contributed by atoms with Gasteiger partial charge in [-0.3, -0.25) is 4.98 Å². The molecule has 3 rings (SSSR count). The molecule has 122 valence electrons. The average molecular weight is 323 g/mol. The summed E-state index contributed by atoms with van der Waals surface area (Å²) in [5.74, 6) is 0.218. The Morgan fingerprint density at radius 1 is 1.22 bits per heavy atom. The van der Waals surface area contributed by atoms with Crippen molar-refractivity contribution in [1.82, 2.24) is 9.97 Å². The van der Waals surface area contributed by atoms with Gasteiger partial charge in [0.05, 0.1) is 12.1 Å². The molecule has 1 aliphatic heterocycles. The minimum atomic E-state index is -4.38. The summed E-state index contributed by atoms with van der Waals surface area (Å²) >= 11 is 0. The molecular formula is C16H16F3N3O. The predicted octanol–water partition coefficient (Wildman–Crippen LogP) is 3.46. The number of hydrogen-bond donors (Lipinski definition) is 0. The highest BCUT2D eigenvalue weighted by atomic mass is 19.4. The summed E-state index contributed by atoms with van der Waals surface area (Å²) in [5, 5.41) is 0. The maximum absolute atomic E-state index is 12.5. The monoisotopic (exact) mass is 323 g/mol. The Morgan fingerprint density at radius 3 is 2.70 bits per heavy atom. The molecule has 1 atom stereocenters. The van der Waals surface area contributed by atoms with Gasteiger partial charge < -0.3 is 9.64 Å². The van der Waals surface area contributed by atoms with Crippen LogP contribution in [0.4, 0.5) is 18.9 Å². The Kier molecular flexibility index (Phi) is 4.11. The van der Waals surface area contributed by atoms with Crippen molar-refractivity contribution in [3.8, 4) is 5.88 Å². The Morgan fingerprint density at radius 2 is 2.04 bits per heavy atom. The van der Waals surface area contributed by atoms with Gasteiger partial charge in [-0.15, -0.1) is 0 Å². The molecule has 1 saturated heterocycles. The van der Waals surface area contributed by atoms with Crippen LogP contribution in [0.5, 0.6) is 5.88 Å². The van der Waals surface area contributed by atoms with Crippen LogP contribution in [-0.4, -0.2) is 29.2 Å². The molecule has 4 nitrogen and oxygen atoms in total. The van der Waals surface area contributed by atoms with Crippen molar-refractivity contribution in [3.05, 3.63) is 47.9 Å². The van der Waals surface area contributed by atoms with Crippen molar-refractivity contribution < 1.29 is 17.9 Å². The second kappa shape index (κ2) is 6.06. The van der Waals surface area contributed by atoms with Crippen LogP contribution in [0, 0.1) is 6.92 Å². The number of aryl methyl sites for hydroxylation is 1. The van der Waals surface area contributed by atoms with E-state index in [1.807, 2.05) is 19.1 Å². The smallest absolute Gasteiger partial charge is 0.417 e. The quantitative estimate of drug-likeness (QED) is 0.867. The van der Waals surface area contributed by atoms with Crippen molar-refractivity contribution in [2.24, 2.45) is 0 Å².